The highest BCUT2D eigenvalue weighted by atomic mass is 32.2. The molecule has 0 aromatic carbocycles. The van der Waals surface area contributed by atoms with Crippen LogP contribution in [-0.2, 0) is 28.3 Å². The maximum absolute atomic E-state index is 12.5. The fourth-order valence-electron chi connectivity index (χ4n) is 3.32. The summed E-state index contributed by atoms with van der Waals surface area (Å²) >= 11 is 1.45. The van der Waals surface area contributed by atoms with Gasteiger partial charge >= 0.3 is 7.60 Å². The first-order valence-corrected chi connectivity index (χ1v) is 12.9. The standard InChI is InChI=1S/C18H29N2O7PS/c1-13-11-15(21)19(17(13)23)7-8-20-16(22)12-14(18(20)24)29-10-6-4-3-5-9-27-28(2,25)26/h13-14H,3-12H2,1-2H3,(H,25,26). The Morgan fingerprint density at radius 2 is 1.59 bits per heavy atom. The summed E-state index contributed by atoms with van der Waals surface area (Å²) in [6, 6.07) is 0. The van der Waals surface area contributed by atoms with Crippen molar-refractivity contribution in [1.29, 1.82) is 0 Å². The second-order valence-corrected chi connectivity index (χ2v) is 10.7. The lowest BCUT2D eigenvalue weighted by Crippen LogP contribution is -2.41. The van der Waals surface area contributed by atoms with Crippen LogP contribution >= 0.6 is 19.4 Å². The zero-order valence-corrected chi connectivity index (χ0v) is 18.6. The summed E-state index contributed by atoms with van der Waals surface area (Å²) in [6.45, 7) is 3.24. The zero-order chi connectivity index (χ0) is 21.6. The fourth-order valence-corrected chi connectivity index (χ4v) is 4.97. The van der Waals surface area contributed by atoms with Gasteiger partial charge in [-0.15, -0.1) is 11.8 Å². The van der Waals surface area contributed by atoms with Crippen LogP contribution < -0.4 is 0 Å². The maximum Gasteiger partial charge on any atom is 0.325 e. The van der Waals surface area contributed by atoms with E-state index in [1.807, 2.05) is 0 Å². The van der Waals surface area contributed by atoms with Gasteiger partial charge in [0, 0.05) is 38.5 Å². The van der Waals surface area contributed by atoms with E-state index in [-0.39, 0.29) is 62.1 Å². The Labute approximate surface area is 175 Å². The van der Waals surface area contributed by atoms with Crippen molar-refractivity contribution in [1.82, 2.24) is 9.80 Å². The number of unbranched alkanes of at least 4 members (excludes halogenated alkanes) is 3. The van der Waals surface area contributed by atoms with E-state index in [9.17, 15) is 23.7 Å². The average Bonchev–Trinajstić information content (AvgIpc) is 3.03. The summed E-state index contributed by atoms with van der Waals surface area (Å²) in [4.78, 5) is 59.7. The third kappa shape index (κ3) is 7.20. The number of amides is 4. The molecule has 0 bridgehead atoms. The van der Waals surface area contributed by atoms with E-state index < -0.39 is 12.8 Å². The number of likely N-dealkylation sites (tertiary alicyclic amines) is 2. The number of carbonyl (C=O) groups excluding carboxylic acids is 4. The predicted molar refractivity (Wildman–Crippen MR) is 108 cm³/mol. The Bertz CT molecular complexity index is 696. The summed E-state index contributed by atoms with van der Waals surface area (Å²) in [5.74, 6) is -0.597. The monoisotopic (exact) mass is 448 g/mol. The third-order valence-electron chi connectivity index (χ3n) is 4.91. The molecule has 1 N–H and O–H groups in total. The van der Waals surface area contributed by atoms with Crippen molar-refractivity contribution in [2.45, 2.75) is 50.7 Å². The molecule has 0 aromatic heterocycles. The van der Waals surface area contributed by atoms with Crippen LogP contribution in [0.4, 0.5) is 0 Å². The molecule has 0 saturated carbocycles. The van der Waals surface area contributed by atoms with Gasteiger partial charge in [-0.25, -0.2) is 0 Å². The van der Waals surface area contributed by atoms with Crippen LogP contribution in [0.5, 0.6) is 0 Å². The number of nitrogens with zero attached hydrogens (tertiary/aromatic N) is 2. The van der Waals surface area contributed by atoms with Gasteiger partial charge in [-0.05, 0) is 18.6 Å². The van der Waals surface area contributed by atoms with E-state index in [0.29, 0.717) is 6.42 Å². The molecule has 9 nitrogen and oxygen atoms in total. The SMILES string of the molecule is CC1CC(=O)N(CCN2C(=O)CC(SCCCCCCOP(C)(=O)O)C2=O)C1=O. The highest BCUT2D eigenvalue weighted by Gasteiger charge is 2.40. The Morgan fingerprint density at radius 3 is 2.17 bits per heavy atom. The van der Waals surface area contributed by atoms with E-state index in [1.54, 1.807) is 6.92 Å². The van der Waals surface area contributed by atoms with Gasteiger partial charge in [-0.2, -0.15) is 0 Å². The Balaban J connectivity index is 1.64. The number of carbonyl (C=O) groups is 4. The second kappa shape index (κ2) is 10.7. The maximum atomic E-state index is 12.5. The molecule has 11 heteroatoms. The molecule has 2 saturated heterocycles. The zero-order valence-electron chi connectivity index (χ0n) is 16.9. The highest BCUT2D eigenvalue weighted by Crippen LogP contribution is 2.36. The van der Waals surface area contributed by atoms with Crippen molar-refractivity contribution in [3.63, 3.8) is 0 Å². The molecule has 0 radical (unpaired) electrons. The van der Waals surface area contributed by atoms with Crippen molar-refractivity contribution in [2.24, 2.45) is 5.92 Å². The van der Waals surface area contributed by atoms with E-state index in [0.717, 1.165) is 41.5 Å². The summed E-state index contributed by atoms with van der Waals surface area (Å²) in [6.07, 6.45) is 3.68. The van der Waals surface area contributed by atoms with Gasteiger partial charge in [0.1, 0.15) is 0 Å². The molecule has 2 aliphatic heterocycles. The van der Waals surface area contributed by atoms with Gasteiger partial charge in [-0.3, -0.25) is 33.5 Å². The largest absolute Gasteiger partial charge is 0.325 e. The van der Waals surface area contributed by atoms with Gasteiger partial charge in [0.15, 0.2) is 0 Å². The van der Waals surface area contributed by atoms with Crippen molar-refractivity contribution < 1.29 is 33.2 Å². The summed E-state index contributed by atoms with van der Waals surface area (Å²) in [7, 11) is -3.40. The van der Waals surface area contributed by atoms with Gasteiger partial charge in [0.05, 0.1) is 11.9 Å². The molecule has 29 heavy (non-hydrogen) atoms. The normalized spacial score (nSPS) is 24.7. The first kappa shape index (κ1) is 24.1. The van der Waals surface area contributed by atoms with Crippen LogP contribution in [0.25, 0.3) is 0 Å². The van der Waals surface area contributed by atoms with Crippen molar-refractivity contribution in [3.05, 3.63) is 0 Å². The molecule has 3 unspecified atom stereocenters. The van der Waals surface area contributed by atoms with Crippen molar-refractivity contribution in [2.75, 3.05) is 32.1 Å². The first-order valence-electron chi connectivity index (χ1n) is 9.85. The third-order valence-corrected chi connectivity index (χ3v) is 6.86. The van der Waals surface area contributed by atoms with E-state index in [1.165, 1.54) is 11.8 Å². The van der Waals surface area contributed by atoms with E-state index in [2.05, 4.69) is 0 Å². The number of hydrogen-bond donors (Lipinski definition) is 1. The lowest BCUT2D eigenvalue weighted by molar-refractivity contribution is -0.144. The molecule has 4 amide bonds. The van der Waals surface area contributed by atoms with Crippen LogP contribution in [-0.4, -0.2) is 75.7 Å². The van der Waals surface area contributed by atoms with Crippen LogP contribution in [0.15, 0.2) is 0 Å². The van der Waals surface area contributed by atoms with Crippen LogP contribution in [0.3, 0.4) is 0 Å². The number of imide groups is 2. The minimum atomic E-state index is -3.40. The van der Waals surface area contributed by atoms with Crippen LogP contribution in [0.2, 0.25) is 0 Å². The fraction of sp³-hybridized carbons (Fsp3) is 0.778. The van der Waals surface area contributed by atoms with Crippen molar-refractivity contribution >= 4 is 43.0 Å². The van der Waals surface area contributed by atoms with Gasteiger partial charge in [-0.1, -0.05) is 19.8 Å². The molecule has 164 valence electrons. The van der Waals surface area contributed by atoms with Gasteiger partial charge < -0.3 is 9.42 Å². The predicted octanol–water partition coefficient (Wildman–Crippen LogP) is 1.63. The van der Waals surface area contributed by atoms with Crippen molar-refractivity contribution in [3.8, 4) is 0 Å². The quantitative estimate of drug-likeness (QED) is 0.272. The number of hydrogen-bond acceptors (Lipinski definition) is 7. The number of rotatable bonds is 12. The molecular weight excluding hydrogens is 419 g/mol. The van der Waals surface area contributed by atoms with Crippen LogP contribution in [0.1, 0.15) is 45.4 Å². The Hall–Kier alpha value is -1.22. The molecule has 0 aromatic rings. The molecule has 2 heterocycles. The minimum Gasteiger partial charge on any atom is -0.324 e. The summed E-state index contributed by atoms with van der Waals surface area (Å²) < 4.78 is 15.8. The van der Waals surface area contributed by atoms with Gasteiger partial charge in [0.25, 0.3) is 0 Å². The molecule has 2 aliphatic rings. The molecule has 0 aliphatic carbocycles. The average molecular weight is 448 g/mol. The summed E-state index contributed by atoms with van der Waals surface area (Å²) in [5, 5.41) is -0.407. The number of thioether (sulfide) groups is 1. The Kier molecular flexibility index (Phi) is 8.88. The van der Waals surface area contributed by atoms with E-state index >= 15 is 0 Å². The minimum absolute atomic E-state index is 0.0606. The molecule has 3 atom stereocenters. The Morgan fingerprint density at radius 1 is 1.00 bits per heavy atom. The first-order chi connectivity index (χ1) is 13.6. The second-order valence-electron chi connectivity index (χ2n) is 7.49. The molecular formula is C18H29N2O7PS. The summed E-state index contributed by atoms with van der Waals surface area (Å²) in [5.41, 5.74) is 0. The van der Waals surface area contributed by atoms with Crippen LogP contribution in [0, 0.1) is 5.92 Å². The lowest BCUT2D eigenvalue weighted by Gasteiger charge is -2.19. The van der Waals surface area contributed by atoms with Gasteiger partial charge in [0.2, 0.25) is 23.6 Å². The lowest BCUT2D eigenvalue weighted by atomic mass is 10.1. The smallest absolute Gasteiger partial charge is 0.324 e. The molecule has 2 rings (SSSR count). The topological polar surface area (TPSA) is 121 Å². The molecule has 2 fully saturated rings. The molecule has 0 spiro atoms. The van der Waals surface area contributed by atoms with E-state index in [4.69, 9.17) is 9.42 Å². The highest BCUT2D eigenvalue weighted by molar-refractivity contribution is 8.00.